The van der Waals surface area contributed by atoms with Crippen LogP contribution in [-0.2, 0) is 16.0 Å². The Morgan fingerprint density at radius 1 is 1.16 bits per heavy atom. The van der Waals surface area contributed by atoms with E-state index in [-0.39, 0.29) is 5.92 Å². The molecule has 1 heterocycles. The Labute approximate surface area is 195 Å². The van der Waals surface area contributed by atoms with Crippen molar-refractivity contribution in [3.8, 4) is 17.6 Å². The van der Waals surface area contributed by atoms with Gasteiger partial charge in [-0.05, 0) is 61.4 Å². The molecule has 0 saturated heterocycles. The maximum Gasteiger partial charge on any atom is 0.328 e. The van der Waals surface area contributed by atoms with E-state index in [0.29, 0.717) is 18.8 Å². The number of benzene rings is 1. The Morgan fingerprint density at radius 3 is 2.31 bits per heavy atom. The molecule has 0 spiro atoms. The fourth-order valence-electron chi connectivity index (χ4n) is 2.18. The minimum absolute atomic E-state index is 0.104. The zero-order valence-electron chi connectivity index (χ0n) is 17.9. The van der Waals surface area contributed by atoms with Crippen molar-refractivity contribution >= 4 is 35.0 Å². The number of hydrogen-bond acceptors (Lipinski definition) is 7. The Balaban J connectivity index is 0.000000547. The molecule has 5 N–H and O–H groups in total. The van der Waals surface area contributed by atoms with Crippen LogP contribution in [0.1, 0.15) is 23.1 Å². The van der Waals surface area contributed by atoms with E-state index in [9.17, 15) is 14.7 Å². The van der Waals surface area contributed by atoms with Crippen LogP contribution >= 0.6 is 23.1 Å². The molecule has 0 radical (unpaired) electrons. The highest BCUT2D eigenvalue weighted by Gasteiger charge is 2.09. The minimum atomic E-state index is -1.26. The van der Waals surface area contributed by atoms with Gasteiger partial charge in [0.25, 0.3) is 0 Å². The summed E-state index contributed by atoms with van der Waals surface area (Å²) in [6, 6.07) is 12.1. The number of nitrogens with two attached hydrogens (primary N) is 1. The molecule has 0 saturated carbocycles. The zero-order chi connectivity index (χ0) is 23.9. The summed E-state index contributed by atoms with van der Waals surface area (Å²) >= 11 is 3.39. The fourth-order valence-corrected chi connectivity index (χ4v) is 3.48. The van der Waals surface area contributed by atoms with Crippen LogP contribution in [0, 0.1) is 17.8 Å². The third-order valence-corrected chi connectivity index (χ3v) is 5.85. The summed E-state index contributed by atoms with van der Waals surface area (Å²) in [7, 11) is 0. The van der Waals surface area contributed by atoms with Crippen LogP contribution in [0.15, 0.2) is 53.4 Å². The third-order valence-electron chi connectivity index (χ3n) is 4.04. The number of aliphatic hydroxyl groups excluding tert-OH is 1. The molecule has 0 aliphatic rings. The van der Waals surface area contributed by atoms with Crippen molar-refractivity contribution in [2.24, 2.45) is 11.7 Å². The number of thiophene rings is 1. The first-order chi connectivity index (χ1) is 15.2. The van der Waals surface area contributed by atoms with E-state index in [1.807, 2.05) is 37.3 Å². The lowest BCUT2D eigenvalue weighted by atomic mass is 10.0. The topological polar surface area (TPSA) is 130 Å². The lowest BCUT2D eigenvalue weighted by Gasteiger charge is -2.12. The molecular formula is C23H27NO6S2. The van der Waals surface area contributed by atoms with Crippen LogP contribution in [0.5, 0.6) is 5.75 Å². The second-order valence-corrected chi connectivity index (χ2v) is 8.60. The van der Waals surface area contributed by atoms with Gasteiger partial charge < -0.3 is 25.8 Å². The number of ether oxygens (including phenoxy) is 1. The smallest absolute Gasteiger partial charge is 0.328 e. The van der Waals surface area contributed by atoms with Crippen molar-refractivity contribution in [3.63, 3.8) is 0 Å². The zero-order valence-corrected chi connectivity index (χ0v) is 19.5. The van der Waals surface area contributed by atoms with Crippen LogP contribution in [0.25, 0.3) is 0 Å². The number of aliphatic hydroxyl groups is 1. The molecule has 172 valence electrons. The molecule has 2 atom stereocenters. The molecule has 0 bridgehead atoms. The maximum absolute atomic E-state index is 9.55. The highest BCUT2D eigenvalue weighted by Crippen LogP contribution is 2.20. The lowest BCUT2D eigenvalue weighted by Crippen LogP contribution is -2.27. The van der Waals surface area contributed by atoms with Crippen molar-refractivity contribution in [2.45, 2.75) is 30.9 Å². The number of hydrogen-bond donors (Lipinski definition) is 4. The summed E-state index contributed by atoms with van der Waals surface area (Å²) in [6.07, 6.45) is 4.21. The largest absolute Gasteiger partial charge is 0.481 e. The van der Waals surface area contributed by atoms with Gasteiger partial charge in [0.05, 0.1) is 4.88 Å². The van der Waals surface area contributed by atoms with Crippen LogP contribution in [0.3, 0.4) is 0 Å². The number of carboxylic acid groups (broad SMARTS) is 2. The van der Waals surface area contributed by atoms with E-state index >= 15 is 0 Å². The summed E-state index contributed by atoms with van der Waals surface area (Å²) in [5.74, 6) is 4.61. The van der Waals surface area contributed by atoms with Crippen molar-refractivity contribution in [1.82, 2.24) is 0 Å². The summed E-state index contributed by atoms with van der Waals surface area (Å²) in [5.41, 5.74) is 5.47. The molecule has 0 fully saturated rings. The quantitative estimate of drug-likeness (QED) is 0.187. The Bertz CT molecular complexity index is 925. The Morgan fingerprint density at radius 2 is 1.78 bits per heavy atom. The summed E-state index contributed by atoms with van der Waals surface area (Å²) < 4.78 is 5.62. The lowest BCUT2D eigenvalue weighted by molar-refractivity contribution is -0.134. The van der Waals surface area contributed by atoms with Crippen molar-refractivity contribution in [2.75, 3.05) is 12.9 Å². The molecule has 2 rings (SSSR count). The van der Waals surface area contributed by atoms with Crippen molar-refractivity contribution in [3.05, 3.63) is 58.3 Å². The van der Waals surface area contributed by atoms with E-state index in [2.05, 4.69) is 24.2 Å². The van der Waals surface area contributed by atoms with Gasteiger partial charge in [0, 0.05) is 21.9 Å². The van der Waals surface area contributed by atoms with E-state index in [1.54, 1.807) is 23.1 Å². The first-order valence-corrected chi connectivity index (χ1v) is 11.7. The molecule has 0 aliphatic heterocycles. The van der Waals surface area contributed by atoms with Crippen LogP contribution < -0.4 is 10.5 Å². The van der Waals surface area contributed by atoms with Crippen LogP contribution in [-0.4, -0.2) is 46.3 Å². The predicted molar refractivity (Wildman–Crippen MR) is 127 cm³/mol. The number of carboxylic acids is 2. The molecule has 32 heavy (non-hydrogen) atoms. The second-order valence-electron chi connectivity index (χ2n) is 6.55. The average molecular weight is 478 g/mol. The maximum atomic E-state index is 9.55. The molecule has 9 heteroatoms. The van der Waals surface area contributed by atoms with E-state index in [1.165, 1.54) is 9.77 Å². The number of carbonyl (C=O) groups is 2. The summed E-state index contributed by atoms with van der Waals surface area (Å²) in [6.45, 7) is 2.34. The van der Waals surface area contributed by atoms with Crippen molar-refractivity contribution in [1.29, 1.82) is 0 Å². The minimum Gasteiger partial charge on any atom is -0.481 e. The number of aliphatic carboxylic acids is 2. The van der Waals surface area contributed by atoms with E-state index in [4.69, 9.17) is 20.7 Å². The van der Waals surface area contributed by atoms with Gasteiger partial charge in [-0.25, -0.2) is 9.59 Å². The molecule has 7 nitrogen and oxygen atoms in total. The molecule has 1 unspecified atom stereocenters. The summed E-state index contributed by atoms with van der Waals surface area (Å²) in [4.78, 5) is 22.6. The normalized spacial score (nSPS) is 12.1. The highest BCUT2D eigenvalue weighted by atomic mass is 32.2. The second kappa shape index (κ2) is 15.1. The van der Waals surface area contributed by atoms with Crippen LogP contribution in [0.2, 0.25) is 0 Å². The third kappa shape index (κ3) is 12.2. The number of thioether (sulfide) groups is 1. The first kappa shape index (κ1) is 27.3. The fraction of sp³-hybridized carbons (Fsp3) is 0.304. The monoisotopic (exact) mass is 477 g/mol. The molecule has 1 aromatic carbocycles. The molecular weight excluding hydrogens is 450 g/mol. The summed E-state index contributed by atoms with van der Waals surface area (Å²) in [5, 5.41) is 24.9. The van der Waals surface area contributed by atoms with E-state index < -0.39 is 18.2 Å². The molecule has 0 aliphatic carbocycles. The van der Waals surface area contributed by atoms with Crippen LogP contribution in [0.4, 0.5) is 0 Å². The predicted octanol–water partition coefficient (Wildman–Crippen LogP) is 3.46. The van der Waals surface area contributed by atoms with Gasteiger partial charge in [-0.3, -0.25) is 0 Å². The Kier molecular flexibility index (Phi) is 12.9. The molecule has 1 aromatic heterocycles. The van der Waals surface area contributed by atoms with Gasteiger partial charge in [-0.1, -0.05) is 18.8 Å². The number of aryl methyl sites for hydroxylation is 1. The molecule has 0 amide bonds. The van der Waals surface area contributed by atoms with Gasteiger partial charge in [0.2, 0.25) is 0 Å². The average Bonchev–Trinajstić information content (AvgIpc) is 3.22. The Hall–Kier alpha value is -2.77. The standard InChI is InChI=1S/C19H23NO2S2.C4H4O4/c1-14(19(20)21)5-8-18-12-11-17(24-18)4-3-13-22-15-6-9-16(23-2)10-7-15;5-3(6)1-2-4(7)8/h6-7,9-12,14,19,21H,5,8,13,20H2,1-2H3;1-2H,(H,5,6)(H,7,8)/b;2-1-/t14-,19?;/m1./s1. The molecule has 2 aromatic rings. The van der Waals surface area contributed by atoms with Gasteiger partial charge in [-0.2, -0.15) is 0 Å². The van der Waals surface area contributed by atoms with Gasteiger partial charge in [-0.15, -0.1) is 23.1 Å². The SMILES string of the molecule is CSc1ccc(OCC#Cc2ccc(CC[C@@H](C)C(N)O)s2)cc1.O=C(O)/C=C\C(=O)O. The first-order valence-electron chi connectivity index (χ1n) is 9.63. The highest BCUT2D eigenvalue weighted by molar-refractivity contribution is 7.98. The van der Waals surface area contributed by atoms with Gasteiger partial charge in [0.15, 0.2) is 0 Å². The van der Waals surface area contributed by atoms with E-state index in [0.717, 1.165) is 23.5 Å². The van der Waals surface area contributed by atoms with Gasteiger partial charge >= 0.3 is 11.9 Å². The van der Waals surface area contributed by atoms with Gasteiger partial charge in [0.1, 0.15) is 18.6 Å². The number of rotatable bonds is 9. The van der Waals surface area contributed by atoms with Crippen molar-refractivity contribution < 1.29 is 29.6 Å².